The van der Waals surface area contributed by atoms with Crippen LogP contribution in [0.15, 0.2) is 18.7 Å². The molecule has 120 valence electrons. The van der Waals surface area contributed by atoms with Gasteiger partial charge in [0.05, 0.1) is 18.1 Å². The Bertz CT molecular complexity index is 566. The summed E-state index contributed by atoms with van der Waals surface area (Å²) in [6.07, 6.45) is 4.67. The number of carbonyl (C=O) groups is 2. The van der Waals surface area contributed by atoms with Crippen LogP contribution in [-0.2, 0) is 22.4 Å². The van der Waals surface area contributed by atoms with Crippen molar-refractivity contribution in [3.63, 3.8) is 0 Å². The molecule has 6 heteroatoms. The number of nitrogens with one attached hydrogen (secondary N) is 1. The smallest absolute Gasteiger partial charge is 0.328 e. The molecule has 1 aromatic heterocycles. The molecule has 0 aliphatic heterocycles. The van der Waals surface area contributed by atoms with E-state index in [1.165, 1.54) is 27.9 Å². The molecule has 1 aliphatic rings. The fourth-order valence-electron chi connectivity index (χ4n) is 2.49. The van der Waals surface area contributed by atoms with Crippen LogP contribution in [0.3, 0.4) is 0 Å². The average molecular weight is 323 g/mol. The maximum Gasteiger partial charge on any atom is 0.328 e. The molecule has 0 spiro atoms. The van der Waals surface area contributed by atoms with E-state index in [2.05, 4.69) is 18.8 Å². The molecule has 0 radical (unpaired) electrons. The standard InChI is InChI=1S/C16H21NO4S/c1-3-6-21-9-12(16(19)20)17-15(18)14-8-11-7-10(2)4-5-13(11)22-14/h3,8,10,12H,1,4-7,9H2,2H3,(H,17,18)(H,19,20). The van der Waals surface area contributed by atoms with Crippen LogP contribution >= 0.6 is 11.3 Å². The van der Waals surface area contributed by atoms with Gasteiger partial charge in [-0.2, -0.15) is 0 Å². The predicted molar refractivity (Wildman–Crippen MR) is 85.4 cm³/mol. The van der Waals surface area contributed by atoms with Crippen LogP contribution in [0.5, 0.6) is 0 Å². The van der Waals surface area contributed by atoms with E-state index in [9.17, 15) is 9.59 Å². The van der Waals surface area contributed by atoms with E-state index in [0.29, 0.717) is 10.8 Å². The van der Waals surface area contributed by atoms with Crippen LogP contribution in [0.1, 0.15) is 33.5 Å². The van der Waals surface area contributed by atoms with Gasteiger partial charge in [0, 0.05) is 4.88 Å². The van der Waals surface area contributed by atoms with Gasteiger partial charge in [-0.1, -0.05) is 13.0 Å². The lowest BCUT2D eigenvalue weighted by atomic mass is 9.90. The number of fused-ring (bicyclic) bond motifs is 1. The maximum absolute atomic E-state index is 12.3. The Morgan fingerprint density at radius 1 is 1.64 bits per heavy atom. The minimum atomic E-state index is -1.10. The molecule has 2 atom stereocenters. The van der Waals surface area contributed by atoms with Crippen LogP contribution < -0.4 is 5.32 Å². The van der Waals surface area contributed by atoms with E-state index in [4.69, 9.17) is 9.84 Å². The highest BCUT2D eigenvalue weighted by Crippen LogP contribution is 2.32. The SMILES string of the molecule is C=CCOCC(NC(=O)c1cc2c(s1)CCC(C)C2)C(=O)O. The summed E-state index contributed by atoms with van der Waals surface area (Å²) in [6, 6.07) is 0.847. The van der Waals surface area contributed by atoms with E-state index in [0.717, 1.165) is 19.3 Å². The summed E-state index contributed by atoms with van der Waals surface area (Å²) in [4.78, 5) is 25.3. The number of hydrogen-bond donors (Lipinski definition) is 2. The number of rotatable bonds is 7. The van der Waals surface area contributed by atoms with Crippen molar-refractivity contribution >= 4 is 23.2 Å². The molecule has 1 aliphatic carbocycles. The van der Waals surface area contributed by atoms with Crippen LogP contribution in [0.4, 0.5) is 0 Å². The summed E-state index contributed by atoms with van der Waals surface area (Å²) < 4.78 is 5.13. The lowest BCUT2D eigenvalue weighted by Crippen LogP contribution is -2.43. The number of aliphatic carboxylic acids is 1. The van der Waals surface area contributed by atoms with Crippen molar-refractivity contribution in [2.75, 3.05) is 13.2 Å². The van der Waals surface area contributed by atoms with Crippen molar-refractivity contribution in [3.05, 3.63) is 34.0 Å². The van der Waals surface area contributed by atoms with Gasteiger partial charge < -0.3 is 15.2 Å². The number of aryl methyl sites for hydroxylation is 1. The zero-order valence-corrected chi connectivity index (χ0v) is 13.4. The molecule has 5 nitrogen and oxygen atoms in total. The van der Waals surface area contributed by atoms with Crippen molar-refractivity contribution in [3.8, 4) is 0 Å². The fraction of sp³-hybridized carbons (Fsp3) is 0.500. The molecular formula is C16H21NO4S. The molecule has 22 heavy (non-hydrogen) atoms. The Kier molecular flexibility index (Phi) is 5.74. The molecule has 0 saturated carbocycles. The average Bonchev–Trinajstić information content (AvgIpc) is 2.89. The van der Waals surface area contributed by atoms with Gasteiger partial charge >= 0.3 is 5.97 Å². The number of thiophene rings is 1. The summed E-state index contributed by atoms with van der Waals surface area (Å²) in [6.45, 7) is 5.88. The lowest BCUT2D eigenvalue weighted by molar-refractivity contribution is -0.140. The number of hydrogen-bond acceptors (Lipinski definition) is 4. The minimum Gasteiger partial charge on any atom is -0.480 e. The summed E-state index contributed by atoms with van der Waals surface area (Å²) in [7, 11) is 0. The predicted octanol–water partition coefficient (Wildman–Crippen LogP) is 2.26. The lowest BCUT2D eigenvalue weighted by Gasteiger charge is -2.16. The van der Waals surface area contributed by atoms with Gasteiger partial charge in [-0.3, -0.25) is 4.79 Å². The first kappa shape index (κ1) is 16.7. The third-order valence-corrected chi connectivity index (χ3v) is 4.91. The molecule has 1 amide bonds. The molecule has 0 saturated heterocycles. The highest BCUT2D eigenvalue weighted by molar-refractivity contribution is 7.14. The number of carboxylic acid groups (broad SMARTS) is 1. The van der Waals surface area contributed by atoms with Gasteiger partial charge in [0.25, 0.3) is 5.91 Å². The maximum atomic E-state index is 12.3. The topological polar surface area (TPSA) is 75.6 Å². The summed E-state index contributed by atoms with van der Waals surface area (Å²) >= 11 is 1.47. The van der Waals surface area contributed by atoms with Crippen LogP contribution in [0.2, 0.25) is 0 Å². The van der Waals surface area contributed by atoms with Gasteiger partial charge in [0.2, 0.25) is 0 Å². The number of carbonyl (C=O) groups excluding carboxylic acids is 1. The third-order valence-electron chi connectivity index (χ3n) is 3.68. The summed E-state index contributed by atoms with van der Waals surface area (Å²) in [5, 5.41) is 11.7. The molecule has 2 rings (SSSR count). The molecule has 2 N–H and O–H groups in total. The van der Waals surface area contributed by atoms with Gasteiger partial charge in [0.1, 0.15) is 0 Å². The molecular weight excluding hydrogens is 302 g/mol. The first-order valence-electron chi connectivity index (χ1n) is 7.35. The second-order valence-corrected chi connectivity index (χ2v) is 6.73. The summed E-state index contributed by atoms with van der Waals surface area (Å²) in [5.74, 6) is -0.814. The molecule has 1 heterocycles. The second kappa shape index (κ2) is 7.56. The monoisotopic (exact) mass is 323 g/mol. The van der Waals surface area contributed by atoms with Crippen LogP contribution in [-0.4, -0.2) is 36.2 Å². The first-order valence-corrected chi connectivity index (χ1v) is 8.16. The second-order valence-electron chi connectivity index (χ2n) is 5.60. The Balaban J connectivity index is 2.01. The van der Waals surface area contributed by atoms with Crippen molar-refractivity contribution < 1.29 is 19.4 Å². The van der Waals surface area contributed by atoms with Crippen molar-refractivity contribution in [1.82, 2.24) is 5.32 Å². The zero-order chi connectivity index (χ0) is 16.1. The van der Waals surface area contributed by atoms with Gasteiger partial charge in [-0.05, 0) is 36.8 Å². The zero-order valence-electron chi connectivity index (χ0n) is 12.6. The first-order chi connectivity index (χ1) is 10.5. The van der Waals surface area contributed by atoms with E-state index < -0.39 is 12.0 Å². The highest BCUT2D eigenvalue weighted by Gasteiger charge is 2.24. The normalized spacial score (nSPS) is 18.3. The third kappa shape index (κ3) is 4.18. The highest BCUT2D eigenvalue weighted by atomic mass is 32.1. The van der Waals surface area contributed by atoms with Crippen molar-refractivity contribution in [2.45, 2.75) is 32.2 Å². The van der Waals surface area contributed by atoms with Crippen molar-refractivity contribution in [1.29, 1.82) is 0 Å². The number of carboxylic acids is 1. The van der Waals surface area contributed by atoms with E-state index in [1.54, 1.807) is 0 Å². The Labute approximate surface area is 134 Å². The quantitative estimate of drug-likeness (QED) is 0.596. The summed E-state index contributed by atoms with van der Waals surface area (Å²) in [5.41, 5.74) is 1.23. The van der Waals surface area contributed by atoms with E-state index in [1.807, 2.05) is 6.07 Å². The van der Waals surface area contributed by atoms with Crippen LogP contribution in [0, 0.1) is 5.92 Å². The minimum absolute atomic E-state index is 0.0742. The Morgan fingerprint density at radius 2 is 2.41 bits per heavy atom. The van der Waals surface area contributed by atoms with E-state index >= 15 is 0 Å². The van der Waals surface area contributed by atoms with Gasteiger partial charge in [-0.15, -0.1) is 17.9 Å². The largest absolute Gasteiger partial charge is 0.480 e. The fourth-order valence-corrected chi connectivity index (χ4v) is 3.60. The molecule has 1 aromatic rings. The number of ether oxygens (including phenoxy) is 1. The molecule has 0 bridgehead atoms. The molecule has 2 unspecified atom stereocenters. The Morgan fingerprint density at radius 3 is 3.09 bits per heavy atom. The van der Waals surface area contributed by atoms with Crippen molar-refractivity contribution in [2.24, 2.45) is 5.92 Å². The molecule has 0 fully saturated rings. The van der Waals surface area contributed by atoms with Crippen LogP contribution in [0.25, 0.3) is 0 Å². The number of amides is 1. The molecule has 0 aromatic carbocycles. The van der Waals surface area contributed by atoms with E-state index in [-0.39, 0.29) is 19.1 Å². The van der Waals surface area contributed by atoms with Gasteiger partial charge in [-0.25, -0.2) is 4.79 Å². The Hall–Kier alpha value is -1.66. The van der Waals surface area contributed by atoms with Gasteiger partial charge in [0.15, 0.2) is 6.04 Å².